The molecule has 4 N–H and O–H groups in total. The standard InChI is InChI=1S/C16H26N4O4/c1-6-24-13-8-7-12(9-11(13)2)18-20-19-15(22)17-10-16(3,4)14(21)23-5/h7-9,18,20H,6,10H2,1-5H3,(H2,17,19,22). The van der Waals surface area contributed by atoms with Crippen molar-refractivity contribution in [3.63, 3.8) is 0 Å². The van der Waals surface area contributed by atoms with Gasteiger partial charge in [0.15, 0.2) is 0 Å². The fourth-order valence-electron chi connectivity index (χ4n) is 1.90. The number of nitrogens with one attached hydrogen (secondary N) is 4. The van der Waals surface area contributed by atoms with Gasteiger partial charge < -0.3 is 20.2 Å². The number of ether oxygens (including phenoxy) is 2. The maximum Gasteiger partial charge on any atom is 0.330 e. The summed E-state index contributed by atoms with van der Waals surface area (Å²) in [4.78, 5) is 23.2. The van der Waals surface area contributed by atoms with Crippen LogP contribution >= 0.6 is 0 Å². The topological polar surface area (TPSA) is 101 Å². The Balaban J connectivity index is 2.38. The molecule has 1 rings (SSSR count). The van der Waals surface area contributed by atoms with E-state index in [0.717, 1.165) is 17.0 Å². The first kappa shape index (κ1) is 19.6. The fraction of sp³-hybridized carbons (Fsp3) is 0.500. The first-order chi connectivity index (χ1) is 11.3. The monoisotopic (exact) mass is 338 g/mol. The molecule has 0 aliphatic heterocycles. The highest BCUT2D eigenvalue weighted by Crippen LogP contribution is 2.21. The molecule has 0 heterocycles. The van der Waals surface area contributed by atoms with Gasteiger partial charge in [-0.05, 0) is 51.5 Å². The van der Waals surface area contributed by atoms with Crippen molar-refractivity contribution in [2.45, 2.75) is 27.7 Å². The second-order valence-electron chi connectivity index (χ2n) is 5.85. The van der Waals surface area contributed by atoms with Crippen molar-refractivity contribution < 1.29 is 19.1 Å². The van der Waals surface area contributed by atoms with Gasteiger partial charge in [0.05, 0.1) is 24.8 Å². The summed E-state index contributed by atoms with van der Waals surface area (Å²) in [6.45, 7) is 7.99. The van der Waals surface area contributed by atoms with Gasteiger partial charge in [-0.3, -0.25) is 10.2 Å². The molecular weight excluding hydrogens is 312 g/mol. The summed E-state index contributed by atoms with van der Waals surface area (Å²) < 4.78 is 10.1. The zero-order chi connectivity index (χ0) is 18.2. The second kappa shape index (κ2) is 8.97. The number of urea groups is 1. The van der Waals surface area contributed by atoms with Gasteiger partial charge in [0, 0.05) is 6.54 Å². The molecule has 0 bridgehead atoms. The third-order valence-electron chi connectivity index (χ3n) is 3.29. The van der Waals surface area contributed by atoms with Crippen LogP contribution in [-0.4, -0.2) is 32.3 Å². The number of hydrazine groups is 2. The molecule has 0 spiro atoms. The van der Waals surface area contributed by atoms with Crippen LogP contribution in [0.15, 0.2) is 18.2 Å². The minimum absolute atomic E-state index is 0.148. The Labute approximate surface area is 142 Å². The summed E-state index contributed by atoms with van der Waals surface area (Å²) in [5, 5.41) is 2.59. The van der Waals surface area contributed by atoms with Crippen LogP contribution in [0.25, 0.3) is 0 Å². The molecule has 0 radical (unpaired) electrons. The number of amides is 2. The first-order valence-corrected chi connectivity index (χ1v) is 7.67. The highest BCUT2D eigenvalue weighted by Gasteiger charge is 2.29. The number of methoxy groups -OCH3 is 1. The fourth-order valence-corrected chi connectivity index (χ4v) is 1.90. The van der Waals surface area contributed by atoms with E-state index >= 15 is 0 Å². The van der Waals surface area contributed by atoms with Crippen molar-refractivity contribution in [1.82, 2.24) is 16.3 Å². The van der Waals surface area contributed by atoms with E-state index in [9.17, 15) is 9.59 Å². The van der Waals surface area contributed by atoms with E-state index in [1.807, 2.05) is 32.0 Å². The Bertz CT molecular complexity index is 575. The lowest BCUT2D eigenvalue weighted by Gasteiger charge is -2.22. The van der Waals surface area contributed by atoms with Crippen molar-refractivity contribution in [2.75, 3.05) is 25.7 Å². The van der Waals surface area contributed by atoms with Gasteiger partial charge in [0.1, 0.15) is 5.75 Å². The smallest absolute Gasteiger partial charge is 0.330 e. The van der Waals surface area contributed by atoms with Gasteiger partial charge in [-0.1, -0.05) is 0 Å². The van der Waals surface area contributed by atoms with E-state index in [1.165, 1.54) is 7.11 Å². The normalized spacial score (nSPS) is 10.7. The van der Waals surface area contributed by atoms with Crippen LogP contribution in [0.1, 0.15) is 26.3 Å². The number of hydrogen-bond acceptors (Lipinski definition) is 6. The first-order valence-electron chi connectivity index (χ1n) is 7.67. The molecule has 0 aliphatic carbocycles. The van der Waals surface area contributed by atoms with Crippen LogP contribution in [0.2, 0.25) is 0 Å². The predicted octanol–water partition coefficient (Wildman–Crippen LogP) is 1.72. The molecule has 0 unspecified atom stereocenters. The van der Waals surface area contributed by atoms with Gasteiger partial charge in [-0.25, -0.2) is 4.79 Å². The van der Waals surface area contributed by atoms with E-state index in [4.69, 9.17) is 4.74 Å². The van der Waals surface area contributed by atoms with E-state index in [1.54, 1.807) is 13.8 Å². The molecule has 8 heteroatoms. The second-order valence-corrected chi connectivity index (χ2v) is 5.85. The van der Waals surface area contributed by atoms with E-state index in [2.05, 4.69) is 26.4 Å². The minimum Gasteiger partial charge on any atom is -0.494 e. The Morgan fingerprint density at radius 1 is 1.25 bits per heavy atom. The summed E-state index contributed by atoms with van der Waals surface area (Å²) in [5.41, 5.74) is 8.81. The number of aryl methyl sites for hydroxylation is 1. The molecule has 0 saturated heterocycles. The molecule has 1 aromatic rings. The molecule has 2 amide bonds. The number of anilines is 1. The van der Waals surface area contributed by atoms with Crippen molar-refractivity contribution in [1.29, 1.82) is 0 Å². The highest BCUT2D eigenvalue weighted by atomic mass is 16.5. The van der Waals surface area contributed by atoms with Crippen molar-refractivity contribution in [2.24, 2.45) is 5.41 Å². The third kappa shape index (κ3) is 5.96. The van der Waals surface area contributed by atoms with Gasteiger partial charge >= 0.3 is 12.0 Å². The summed E-state index contributed by atoms with van der Waals surface area (Å²) in [7, 11) is 1.31. The molecule has 134 valence electrons. The van der Waals surface area contributed by atoms with Crippen LogP contribution in [0, 0.1) is 12.3 Å². The zero-order valence-electron chi connectivity index (χ0n) is 14.8. The Morgan fingerprint density at radius 3 is 2.54 bits per heavy atom. The lowest BCUT2D eigenvalue weighted by Crippen LogP contribution is -2.49. The van der Waals surface area contributed by atoms with Gasteiger partial charge in [0.2, 0.25) is 0 Å². The Morgan fingerprint density at radius 2 is 1.96 bits per heavy atom. The SMILES string of the molecule is CCOc1ccc(NNNC(=O)NCC(C)(C)C(=O)OC)cc1C. The van der Waals surface area contributed by atoms with Crippen LogP contribution < -0.4 is 26.4 Å². The maximum atomic E-state index is 11.7. The summed E-state index contributed by atoms with van der Waals surface area (Å²) in [5.74, 6) is 0.428. The largest absolute Gasteiger partial charge is 0.494 e. The minimum atomic E-state index is -0.800. The summed E-state index contributed by atoms with van der Waals surface area (Å²) >= 11 is 0. The molecule has 1 aromatic carbocycles. The molecule has 24 heavy (non-hydrogen) atoms. The van der Waals surface area contributed by atoms with Gasteiger partial charge in [-0.2, -0.15) is 0 Å². The summed E-state index contributed by atoms with van der Waals surface area (Å²) in [6, 6.07) is 5.09. The quantitative estimate of drug-likeness (QED) is 0.425. The Hall–Kier alpha value is -2.48. The highest BCUT2D eigenvalue weighted by molar-refractivity contribution is 5.78. The van der Waals surface area contributed by atoms with E-state index in [-0.39, 0.29) is 6.54 Å². The average Bonchev–Trinajstić information content (AvgIpc) is 2.54. The van der Waals surface area contributed by atoms with E-state index < -0.39 is 17.4 Å². The number of esters is 1. The van der Waals surface area contributed by atoms with Gasteiger partial charge in [0.25, 0.3) is 0 Å². The predicted molar refractivity (Wildman–Crippen MR) is 91.4 cm³/mol. The van der Waals surface area contributed by atoms with Crippen molar-refractivity contribution in [3.05, 3.63) is 23.8 Å². The number of rotatable bonds is 8. The molecule has 8 nitrogen and oxygen atoms in total. The molecule has 0 atom stereocenters. The maximum absolute atomic E-state index is 11.7. The number of hydrogen-bond donors (Lipinski definition) is 4. The van der Waals surface area contributed by atoms with Gasteiger partial charge in [-0.15, -0.1) is 5.53 Å². The molecule has 0 aliphatic rings. The lowest BCUT2D eigenvalue weighted by molar-refractivity contribution is -0.150. The zero-order valence-corrected chi connectivity index (χ0v) is 14.8. The average molecular weight is 338 g/mol. The molecule has 0 aromatic heterocycles. The van der Waals surface area contributed by atoms with Crippen LogP contribution in [-0.2, 0) is 9.53 Å². The number of carbonyl (C=O) groups excluding carboxylic acids is 2. The molecule has 0 fully saturated rings. The summed E-state index contributed by atoms with van der Waals surface area (Å²) in [6.07, 6.45) is 0. The number of carbonyl (C=O) groups is 2. The molecule has 0 saturated carbocycles. The number of benzene rings is 1. The van der Waals surface area contributed by atoms with Crippen LogP contribution in [0.3, 0.4) is 0 Å². The Kier molecular flexibility index (Phi) is 7.31. The van der Waals surface area contributed by atoms with Crippen molar-refractivity contribution in [3.8, 4) is 5.75 Å². The van der Waals surface area contributed by atoms with Crippen LogP contribution in [0.5, 0.6) is 5.75 Å². The van der Waals surface area contributed by atoms with E-state index in [0.29, 0.717) is 6.61 Å². The third-order valence-corrected chi connectivity index (χ3v) is 3.29. The van der Waals surface area contributed by atoms with Crippen molar-refractivity contribution >= 4 is 17.7 Å². The molecular formula is C16H26N4O4. The lowest BCUT2D eigenvalue weighted by atomic mass is 9.94. The van der Waals surface area contributed by atoms with Crippen LogP contribution in [0.4, 0.5) is 10.5 Å².